The topological polar surface area (TPSA) is 75.7 Å². The summed E-state index contributed by atoms with van der Waals surface area (Å²) in [5.74, 6) is 0.0343. The van der Waals surface area contributed by atoms with E-state index in [0.717, 1.165) is 10.6 Å². The van der Waals surface area contributed by atoms with E-state index in [4.69, 9.17) is 16.3 Å². The third-order valence-electron chi connectivity index (χ3n) is 3.51. The Hall–Kier alpha value is -2.25. The first-order valence-electron chi connectivity index (χ1n) is 7.42. The van der Waals surface area contributed by atoms with Crippen molar-refractivity contribution in [2.75, 3.05) is 23.0 Å². The minimum absolute atomic E-state index is 0.348. The van der Waals surface area contributed by atoms with Crippen LogP contribution in [0.2, 0.25) is 5.02 Å². The van der Waals surface area contributed by atoms with Gasteiger partial charge in [0.1, 0.15) is 11.8 Å². The first-order chi connectivity index (χ1) is 11.7. The molecule has 0 aliphatic rings. The molecule has 0 bridgehead atoms. The Bertz CT molecular complexity index is 853. The maximum atomic E-state index is 12.5. The van der Waals surface area contributed by atoms with Crippen LogP contribution >= 0.6 is 11.6 Å². The molecule has 0 radical (unpaired) electrons. The molecule has 0 unspecified atom stereocenters. The van der Waals surface area contributed by atoms with E-state index in [1.54, 1.807) is 48.5 Å². The quantitative estimate of drug-likeness (QED) is 0.832. The van der Waals surface area contributed by atoms with E-state index in [1.165, 1.54) is 14.0 Å². The minimum atomic E-state index is -3.69. The average Bonchev–Trinajstić information content (AvgIpc) is 2.56. The molecular formula is C17H19ClN2O4S. The lowest BCUT2D eigenvalue weighted by atomic mass is 10.2. The highest BCUT2D eigenvalue weighted by Gasteiger charge is 2.29. The molecule has 0 saturated carbocycles. The number of nitrogens with zero attached hydrogens (tertiary/aromatic N) is 1. The number of methoxy groups -OCH3 is 1. The van der Waals surface area contributed by atoms with Crippen molar-refractivity contribution in [2.45, 2.75) is 13.0 Å². The normalized spacial score (nSPS) is 12.3. The van der Waals surface area contributed by atoms with Gasteiger partial charge in [-0.05, 0) is 43.3 Å². The molecule has 8 heteroatoms. The summed E-state index contributed by atoms with van der Waals surface area (Å²) >= 11 is 5.82. The lowest BCUT2D eigenvalue weighted by Crippen LogP contribution is -2.45. The van der Waals surface area contributed by atoms with E-state index in [-0.39, 0.29) is 0 Å². The maximum absolute atomic E-state index is 12.5. The second-order valence-corrected chi connectivity index (χ2v) is 7.73. The number of hydrogen-bond acceptors (Lipinski definition) is 4. The number of anilines is 2. The fraction of sp³-hybridized carbons (Fsp3) is 0.235. The Morgan fingerprint density at radius 1 is 1.20 bits per heavy atom. The third-order valence-corrected chi connectivity index (χ3v) is 5.00. The lowest BCUT2D eigenvalue weighted by Gasteiger charge is -2.28. The van der Waals surface area contributed by atoms with Crippen molar-refractivity contribution < 1.29 is 17.9 Å². The van der Waals surface area contributed by atoms with Crippen molar-refractivity contribution >= 4 is 38.9 Å². The van der Waals surface area contributed by atoms with Crippen molar-refractivity contribution in [1.29, 1.82) is 0 Å². The Morgan fingerprint density at radius 2 is 1.84 bits per heavy atom. The van der Waals surface area contributed by atoms with Crippen LogP contribution in [-0.4, -0.2) is 33.7 Å². The van der Waals surface area contributed by atoms with Crippen LogP contribution in [0.3, 0.4) is 0 Å². The summed E-state index contributed by atoms with van der Waals surface area (Å²) in [6, 6.07) is 12.1. The van der Waals surface area contributed by atoms with Gasteiger partial charge in [0.05, 0.1) is 19.1 Å². The standard InChI is InChI=1S/C17H19ClN2O4S/c1-12(17(21)19-14-9-7-13(18)8-10-14)20(25(3,22)23)15-5-4-6-16(11-15)24-2/h4-12H,1-3H3,(H,19,21)/t12-/m1/s1. The second-order valence-electron chi connectivity index (χ2n) is 5.43. The van der Waals surface area contributed by atoms with Crippen LogP contribution in [0.25, 0.3) is 0 Å². The molecule has 1 atom stereocenters. The Morgan fingerprint density at radius 3 is 2.40 bits per heavy atom. The molecule has 0 aromatic heterocycles. The zero-order valence-electron chi connectivity index (χ0n) is 14.1. The van der Waals surface area contributed by atoms with Gasteiger partial charge in [-0.1, -0.05) is 17.7 Å². The molecule has 0 aliphatic heterocycles. The number of rotatable bonds is 6. The number of carbonyl (C=O) groups is 1. The lowest BCUT2D eigenvalue weighted by molar-refractivity contribution is -0.116. The minimum Gasteiger partial charge on any atom is -0.497 e. The smallest absolute Gasteiger partial charge is 0.247 e. The number of ether oxygens (including phenoxy) is 1. The fourth-order valence-electron chi connectivity index (χ4n) is 2.34. The van der Waals surface area contributed by atoms with Crippen molar-refractivity contribution in [3.8, 4) is 5.75 Å². The van der Waals surface area contributed by atoms with Crippen LogP contribution in [0.15, 0.2) is 48.5 Å². The zero-order chi connectivity index (χ0) is 18.6. The van der Waals surface area contributed by atoms with E-state index in [1.807, 2.05) is 0 Å². The number of sulfonamides is 1. The molecule has 0 heterocycles. The molecule has 0 spiro atoms. The van der Waals surface area contributed by atoms with Crippen LogP contribution in [0.5, 0.6) is 5.75 Å². The number of hydrogen-bond donors (Lipinski definition) is 1. The van der Waals surface area contributed by atoms with Gasteiger partial charge in [0, 0.05) is 16.8 Å². The molecule has 2 rings (SSSR count). The van der Waals surface area contributed by atoms with Gasteiger partial charge < -0.3 is 10.1 Å². The first kappa shape index (κ1) is 19.1. The summed E-state index contributed by atoms with van der Waals surface area (Å²) in [7, 11) is -2.20. The molecule has 2 aromatic carbocycles. The number of nitrogens with one attached hydrogen (secondary N) is 1. The molecule has 6 nitrogen and oxygen atoms in total. The molecular weight excluding hydrogens is 364 g/mol. The van der Waals surface area contributed by atoms with E-state index in [9.17, 15) is 13.2 Å². The summed E-state index contributed by atoms with van der Waals surface area (Å²) in [6.07, 6.45) is 1.05. The highest BCUT2D eigenvalue weighted by molar-refractivity contribution is 7.92. The van der Waals surface area contributed by atoms with Crippen LogP contribution in [-0.2, 0) is 14.8 Å². The summed E-state index contributed by atoms with van der Waals surface area (Å²) in [4.78, 5) is 12.5. The van der Waals surface area contributed by atoms with Gasteiger partial charge in [-0.25, -0.2) is 8.42 Å². The Balaban J connectivity index is 2.30. The molecule has 0 saturated heterocycles. The van der Waals surface area contributed by atoms with Crippen molar-refractivity contribution in [3.05, 3.63) is 53.6 Å². The summed E-state index contributed by atoms with van der Waals surface area (Å²) in [6.45, 7) is 1.52. The maximum Gasteiger partial charge on any atom is 0.247 e. The Labute approximate surface area is 152 Å². The van der Waals surface area contributed by atoms with E-state index < -0.39 is 22.0 Å². The van der Waals surface area contributed by atoms with Crippen LogP contribution < -0.4 is 14.4 Å². The predicted molar refractivity (Wildman–Crippen MR) is 99.9 cm³/mol. The molecule has 25 heavy (non-hydrogen) atoms. The fourth-order valence-corrected chi connectivity index (χ4v) is 3.63. The van der Waals surface area contributed by atoms with E-state index in [2.05, 4.69) is 5.32 Å². The largest absolute Gasteiger partial charge is 0.497 e. The SMILES string of the molecule is COc1cccc(N([C@H](C)C(=O)Nc2ccc(Cl)cc2)S(C)(=O)=O)c1. The summed E-state index contributed by atoms with van der Waals surface area (Å²) < 4.78 is 30.7. The molecule has 134 valence electrons. The van der Waals surface area contributed by atoms with Gasteiger partial charge in [-0.15, -0.1) is 0 Å². The molecule has 1 amide bonds. The van der Waals surface area contributed by atoms with Crippen molar-refractivity contribution in [3.63, 3.8) is 0 Å². The number of carbonyl (C=O) groups excluding carboxylic acids is 1. The van der Waals surface area contributed by atoms with Gasteiger partial charge >= 0.3 is 0 Å². The van der Waals surface area contributed by atoms with Crippen LogP contribution in [0.4, 0.5) is 11.4 Å². The molecule has 0 aliphatic carbocycles. The highest BCUT2D eigenvalue weighted by Crippen LogP contribution is 2.25. The van der Waals surface area contributed by atoms with E-state index >= 15 is 0 Å². The Kier molecular flexibility index (Phi) is 5.92. The van der Waals surface area contributed by atoms with Crippen LogP contribution in [0, 0.1) is 0 Å². The van der Waals surface area contributed by atoms with Crippen LogP contribution in [0.1, 0.15) is 6.92 Å². The van der Waals surface area contributed by atoms with Gasteiger partial charge in [0.15, 0.2) is 0 Å². The molecule has 2 aromatic rings. The second kappa shape index (κ2) is 7.76. The number of benzene rings is 2. The highest BCUT2D eigenvalue weighted by atomic mass is 35.5. The number of halogens is 1. The molecule has 0 fully saturated rings. The predicted octanol–water partition coefficient (Wildman–Crippen LogP) is 3.14. The summed E-state index contributed by atoms with van der Waals surface area (Å²) in [5, 5.41) is 3.23. The number of amides is 1. The average molecular weight is 383 g/mol. The van der Waals surface area contributed by atoms with Crippen molar-refractivity contribution in [1.82, 2.24) is 0 Å². The van der Waals surface area contributed by atoms with Gasteiger partial charge in [-0.3, -0.25) is 9.10 Å². The van der Waals surface area contributed by atoms with Gasteiger partial charge in [-0.2, -0.15) is 0 Å². The van der Waals surface area contributed by atoms with Crippen molar-refractivity contribution in [2.24, 2.45) is 0 Å². The summed E-state index contributed by atoms with van der Waals surface area (Å²) in [5.41, 5.74) is 0.876. The monoisotopic (exact) mass is 382 g/mol. The first-order valence-corrected chi connectivity index (χ1v) is 9.65. The zero-order valence-corrected chi connectivity index (χ0v) is 15.6. The third kappa shape index (κ3) is 4.87. The van der Waals surface area contributed by atoms with Gasteiger partial charge in [0.2, 0.25) is 15.9 Å². The van der Waals surface area contributed by atoms with Gasteiger partial charge in [0.25, 0.3) is 0 Å². The van der Waals surface area contributed by atoms with E-state index in [0.29, 0.717) is 22.1 Å². The molecule has 1 N–H and O–H groups in total.